The minimum atomic E-state index is 0.201. The van der Waals surface area contributed by atoms with E-state index in [2.05, 4.69) is 11.4 Å². The van der Waals surface area contributed by atoms with E-state index in [1.165, 1.54) is 23.8 Å². The monoisotopic (exact) mass is 259 g/mol. The van der Waals surface area contributed by atoms with Gasteiger partial charge in [0.15, 0.2) is 0 Å². The fourth-order valence-electron chi connectivity index (χ4n) is 2.82. The summed E-state index contributed by atoms with van der Waals surface area (Å²) >= 11 is 0. The first-order valence-corrected chi connectivity index (χ1v) is 7.12. The van der Waals surface area contributed by atoms with Gasteiger partial charge in [-0.1, -0.05) is 0 Å². The Morgan fingerprint density at radius 2 is 2.05 bits per heavy atom. The highest BCUT2D eigenvalue weighted by Crippen LogP contribution is 2.34. The highest BCUT2D eigenvalue weighted by atomic mass is 16.5. The van der Waals surface area contributed by atoms with Gasteiger partial charge in [0.25, 0.3) is 0 Å². The van der Waals surface area contributed by atoms with Gasteiger partial charge in [0.05, 0.1) is 12.4 Å². The molecule has 1 saturated heterocycles. The number of hydrogen-bond acceptors (Lipinski definition) is 3. The molecule has 19 heavy (non-hydrogen) atoms. The molecule has 0 spiro atoms. The van der Waals surface area contributed by atoms with Gasteiger partial charge in [-0.15, -0.1) is 0 Å². The molecule has 2 aromatic rings. The van der Waals surface area contributed by atoms with Crippen LogP contribution in [0.15, 0.2) is 28.9 Å². The van der Waals surface area contributed by atoms with Crippen molar-refractivity contribution in [3.8, 4) is 5.75 Å². The van der Waals surface area contributed by atoms with Crippen molar-refractivity contribution in [3.05, 3.63) is 30.0 Å². The molecule has 0 aliphatic carbocycles. The first-order chi connectivity index (χ1) is 9.24. The van der Waals surface area contributed by atoms with Crippen molar-refractivity contribution in [2.45, 2.75) is 38.7 Å². The topological polar surface area (TPSA) is 34.4 Å². The summed E-state index contributed by atoms with van der Waals surface area (Å²) in [7, 11) is 0. The Morgan fingerprint density at radius 3 is 2.79 bits per heavy atom. The van der Waals surface area contributed by atoms with Crippen LogP contribution in [0.25, 0.3) is 11.0 Å². The summed E-state index contributed by atoms with van der Waals surface area (Å²) in [4.78, 5) is 0. The lowest BCUT2D eigenvalue weighted by Crippen LogP contribution is -2.26. The third kappa shape index (κ3) is 2.61. The lowest BCUT2D eigenvalue weighted by atomic mass is 9.90. The lowest BCUT2D eigenvalue weighted by molar-refractivity contribution is 0.242. The summed E-state index contributed by atoms with van der Waals surface area (Å²) in [5.41, 5.74) is 2.30. The van der Waals surface area contributed by atoms with Crippen molar-refractivity contribution in [2.75, 3.05) is 13.1 Å². The molecular formula is C16H21NO2. The zero-order valence-corrected chi connectivity index (χ0v) is 11.6. The number of furan rings is 1. The molecule has 1 N–H and O–H groups in total. The number of rotatable bonds is 3. The first-order valence-electron chi connectivity index (χ1n) is 7.12. The zero-order valence-electron chi connectivity index (χ0n) is 11.6. The van der Waals surface area contributed by atoms with E-state index >= 15 is 0 Å². The molecule has 1 fully saturated rings. The molecule has 0 unspecified atom stereocenters. The summed E-state index contributed by atoms with van der Waals surface area (Å²) in [5.74, 6) is 1.54. The maximum atomic E-state index is 5.78. The second kappa shape index (κ2) is 5.25. The fourth-order valence-corrected chi connectivity index (χ4v) is 2.82. The van der Waals surface area contributed by atoms with Gasteiger partial charge < -0.3 is 14.5 Å². The third-order valence-corrected chi connectivity index (χ3v) is 3.73. The van der Waals surface area contributed by atoms with E-state index in [0.29, 0.717) is 5.92 Å². The van der Waals surface area contributed by atoms with Crippen molar-refractivity contribution in [1.29, 1.82) is 0 Å². The van der Waals surface area contributed by atoms with E-state index in [4.69, 9.17) is 9.15 Å². The Kier molecular flexibility index (Phi) is 3.47. The number of hydrogen-bond donors (Lipinski definition) is 1. The van der Waals surface area contributed by atoms with Crippen molar-refractivity contribution in [1.82, 2.24) is 5.32 Å². The second-order valence-corrected chi connectivity index (χ2v) is 5.54. The number of ether oxygens (including phenoxy) is 1. The van der Waals surface area contributed by atoms with Crippen molar-refractivity contribution in [2.24, 2.45) is 0 Å². The van der Waals surface area contributed by atoms with Crippen LogP contribution in [0.4, 0.5) is 0 Å². The van der Waals surface area contributed by atoms with Gasteiger partial charge in [-0.25, -0.2) is 0 Å². The van der Waals surface area contributed by atoms with Gasteiger partial charge in [-0.3, -0.25) is 0 Å². The molecule has 0 radical (unpaired) electrons. The van der Waals surface area contributed by atoms with Crippen LogP contribution in [0.3, 0.4) is 0 Å². The Bertz CT molecular complexity index is 553. The molecule has 2 heterocycles. The molecule has 1 aromatic carbocycles. The molecular weight excluding hydrogens is 238 g/mol. The molecule has 1 aromatic heterocycles. The fraction of sp³-hybridized carbons (Fsp3) is 0.500. The highest BCUT2D eigenvalue weighted by Gasteiger charge is 2.19. The molecule has 0 bridgehead atoms. The van der Waals surface area contributed by atoms with Crippen LogP contribution in [-0.2, 0) is 0 Å². The van der Waals surface area contributed by atoms with Crippen LogP contribution in [0, 0.1) is 0 Å². The van der Waals surface area contributed by atoms with Crippen LogP contribution < -0.4 is 10.1 Å². The van der Waals surface area contributed by atoms with Gasteiger partial charge in [-0.05, 0) is 63.9 Å². The molecule has 0 amide bonds. The van der Waals surface area contributed by atoms with E-state index in [-0.39, 0.29) is 6.10 Å². The second-order valence-electron chi connectivity index (χ2n) is 5.54. The Labute approximate surface area is 113 Å². The standard InChI is InChI=1S/C16H21NO2/c1-11(2)19-13-3-4-16-14(9-13)15(10-18-16)12-5-7-17-8-6-12/h3-4,9-12,17H,5-8H2,1-2H3. The highest BCUT2D eigenvalue weighted by molar-refractivity contribution is 5.83. The summed E-state index contributed by atoms with van der Waals surface area (Å²) < 4.78 is 11.5. The van der Waals surface area contributed by atoms with Gasteiger partial charge >= 0.3 is 0 Å². The molecule has 3 heteroatoms. The molecule has 3 rings (SSSR count). The average Bonchev–Trinajstić information content (AvgIpc) is 2.82. The largest absolute Gasteiger partial charge is 0.491 e. The minimum Gasteiger partial charge on any atom is -0.491 e. The average molecular weight is 259 g/mol. The zero-order chi connectivity index (χ0) is 13.2. The first kappa shape index (κ1) is 12.5. The summed E-state index contributed by atoms with van der Waals surface area (Å²) in [6.45, 7) is 6.29. The molecule has 3 nitrogen and oxygen atoms in total. The Balaban J connectivity index is 1.95. The predicted molar refractivity (Wildman–Crippen MR) is 76.8 cm³/mol. The smallest absolute Gasteiger partial charge is 0.134 e. The number of nitrogens with one attached hydrogen (secondary N) is 1. The van der Waals surface area contributed by atoms with Crippen molar-refractivity contribution in [3.63, 3.8) is 0 Å². The van der Waals surface area contributed by atoms with Crippen LogP contribution >= 0.6 is 0 Å². The number of piperidine rings is 1. The van der Waals surface area contributed by atoms with Gasteiger partial charge in [0.1, 0.15) is 11.3 Å². The Morgan fingerprint density at radius 1 is 1.26 bits per heavy atom. The Hall–Kier alpha value is -1.48. The molecule has 1 aliphatic heterocycles. The van der Waals surface area contributed by atoms with Crippen LogP contribution in [0.5, 0.6) is 5.75 Å². The quantitative estimate of drug-likeness (QED) is 0.913. The molecule has 1 aliphatic rings. The molecule has 0 saturated carbocycles. The molecule has 102 valence electrons. The predicted octanol–water partition coefficient (Wildman–Crippen LogP) is 3.69. The maximum absolute atomic E-state index is 5.78. The molecule has 0 atom stereocenters. The SMILES string of the molecule is CC(C)Oc1ccc2occ(C3CCNCC3)c2c1. The van der Waals surface area contributed by atoms with E-state index in [1.807, 2.05) is 32.2 Å². The van der Waals surface area contributed by atoms with E-state index in [0.717, 1.165) is 24.4 Å². The summed E-state index contributed by atoms with van der Waals surface area (Å²) in [6, 6.07) is 6.12. The maximum Gasteiger partial charge on any atom is 0.134 e. The van der Waals surface area contributed by atoms with Crippen LogP contribution in [0.2, 0.25) is 0 Å². The van der Waals surface area contributed by atoms with Crippen molar-refractivity contribution < 1.29 is 9.15 Å². The van der Waals surface area contributed by atoms with Crippen LogP contribution in [-0.4, -0.2) is 19.2 Å². The van der Waals surface area contributed by atoms with Gasteiger partial charge in [0.2, 0.25) is 0 Å². The summed E-state index contributed by atoms with van der Waals surface area (Å²) in [5, 5.41) is 4.62. The number of fused-ring (bicyclic) bond motifs is 1. The van der Waals surface area contributed by atoms with Crippen LogP contribution in [0.1, 0.15) is 38.2 Å². The van der Waals surface area contributed by atoms with E-state index in [9.17, 15) is 0 Å². The van der Waals surface area contributed by atoms with Gasteiger partial charge in [0, 0.05) is 10.9 Å². The minimum absolute atomic E-state index is 0.201. The third-order valence-electron chi connectivity index (χ3n) is 3.73. The lowest BCUT2D eigenvalue weighted by Gasteiger charge is -2.21. The number of benzene rings is 1. The van der Waals surface area contributed by atoms with Gasteiger partial charge in [-0.2, -0.15) is 0 Å². The summed E-state index contributed by atoms with van der Waals surface area (Å²) in [6.07, 6.45) is 4.50. The van der Waals surface area contributed by atoms with E-state index in [1.54, 1.807) is 0 Å². The normalized spacial score (nSPS) is 17.2. The van der Waals surface area contributed by atoms with Crippen molar-refractivity contribution >= 4 is 11.0 Å². The van der Waals surface area contributed by atoms with E-state index < -0.39 is 0 Å².